The van der Waals surface area contributed by atoms with Crippen molar-refractivity contribution in [1.29, 1.82) is 0 Å². The van der Waals surface area contributed by atoms with Crippen molar-refractivity contribution in [3.63, 3.8) is 0 Å². The second-order valence-corrected chi connectivity index (χ2v) is 9.11. The van der Waals surface area contributed by atoms with E-state index in [1.54, 1.807) is 0 Å². The number of aromatic nitrogens is 4. The van der Waals surface area contributed by atoms with E-state index in [0.29, 0.717) is 5.95 Å². The van der Waals surface area contributed by atoms with Crippen molar-refractivity contribution in [3.8, 4) is 11.4 Å². The fourth-order valence-electron chi connectivity index (χ4n) is 4.03. The molecule has 29 heavy (non-hydrogen) atoms. The second-order valence-electron chi connectivity index (χ2n) is 9.11. The summed E-state index contributed by atoms with van der Waals surface area (Å²) < 4.78 is 2.30. The highest BCUT2D eigenvalue weighted by atomic mass is 15.2. The molecule has 0 saturated carbocycles. The minimum atomic E-state index is -0.0949. The number of rotatable bonds is 5. The molecule has 1 aliphatic heterocycles. The minimum Gasteiger partial charge on any atom is -0.350 e. The normalized spacial score (nSPS) is 15.7. The first-order valence-corrected chi connectivity index (χ1v) is 10.7. The van der Waals surface area contributed by atoms with Crippen molar-refractivity contribution in [2.24, 2.45) is 5.92 Å². The van der Waals surface area contributed by atoms with E-state index in [1.807, 2.05) is 13.0 Å². The zero-order valence-electron chi connectivity index (χ0n) is 18.0. The highest BCUT2D eigenvalue weighted by Gasteiger charge is 2.21. The number of aryl methyl sites for hydroxylation is 2. The average Bonchev–Trinajstić information content (AvgIpc) is 3.05. The maximum absolute atomic E-state index is 4.98. The van der Waals surface area contributed by atoms with Gasteiger partial charge in [0.1, 0.15) is 11.3 Å². The van der Waals surface area contributed by atoms with Gasteiger partial charge in [0.25, 0.3) is 0 Å². The first kappa shape index (κ1) is 19.8. The maximum Gasteiger partial charge on any atom is 0.225 e. The van der Waals surface area contributed by atoms with Crippen LogP contribution < -0.4 is 10.6 Å². The number of nitrogens with zero attached hydrogens (tertiary/aromatic N) is 4. The predicted octanol–water partition coefficient (Wildman–Crippen LogP) is 4.40. The fraction of sp³-hybridized carbons (Fsp3) is 0.522. The van der Waals surface area contributed by atoms with Gasteiger partial charge in [-0.1, -0.05) is 30.3 Å². The number of imidazole rings is 1. The van der Waals surface area contributed by atoms with Crippen molar-refractivity contribution in [1.82, 2.24) is 24.8 Å². The van der Waals surface area contributed by atoms with Crippen LogP contribution in [0.3, 0.4) is 0 Å². The Kier molecular flexibility index (Phi) is 5.54. The van der Waals surface area contributed by atoms with Gasteiger partial charge >= 0.3 is 0 Å². The molecule has 6 nitrogen and oxygen atoms in total. The molecule has 0 aliphatic carbocycles. The van der Waals surface area contributed by atoms with Crippen molar-refractivity contribution >= 4 is 17.1 Å². The Morgan fingerprint density at radius 2 is 1.79 bits per heavy atom. The maximum atomic E-state index is 4.98. The first-order chi connectivity index (χ1) is 13.9. The third-order valence-corrected chi connectivity index (χ3v) is 5.51. The molecule has 0 spiro atoms. The van der Waals surface area contributed by atoms with Gasteiger partial charge in [-0.05, 0) is 66.0 Å². The van der Waals surface area contributed by atoms with Crippen LogP contribution in [0.5, 0.6) is 0 Å². The highest BCUT2D eigenvalue weighted by Crippen LogP contribution is 2.28. The molecule has 3 heterocycles. The Hall–Kier alpha value is -2.47. The Labute approximate surface area is 173 Å². The van der Waals surface area contributed by atoms with Crippen molar-refractivity contribution in [2.45, 2.75) is 59.0 Å². The van der Waals surface area contributed by atoms with Gasteiger partial charge in [-0.25, -0.2) is 9.97 Å². The molecule has 3 aromatic rings. The molecule has 154 valence electrons. The van der Waals surface area contributed by atoms with Crippen LogP contribution in [0.15, 0.2) is 30.3 Å². The van der Waals surface area contributed by atoms with Gasteiger partial charge in [-0.3, -0.25) is 0 Å². The van der Waals surface area contributed by atoms with Crippen LogP contribution in [0.4, 0.5) is 5.95 Å². The SMILES string of the molecule is Cc1nc(NC(C)(C)C)nc2c1nc(-c1ccccc1)n2CCC1CCNCC1. The van der Waals surface area contributed by atoms with Gasteiger partial charge in [-0.2, -0.15) is 4.98 Å². The summed E-state index contributed by atoms with van der Waals surface area (Å²) in [5.41, 5.74) is 3.77. The summed E-state index contributed by atoms with van der Waals surface area (Å²) in [6, 6.07) is 10.4. The quantitative estimate of drug-likeness (QED) is 0.673. The summed E-state index contributed by atoms with van der Waals surface area (Å²) in [5, 5.41) is 6.89. The highest BCUT2D eigenvalue weighted by molar-refractivity contribution is 5.80. The number of hydrogen-bond donors (Lipinski definition) is 2. The molecule has 0 bridgehead atoms. The lowest BCUT2D eigenvalue weighted by Gasteiger charge is -2.23. The molecule has 1 aromatic carbocycles. The summed E-state index contributed by atoms with van der Waals surface area (Å²) in [7, 11) is 0. The lowest BCUT2D eigenvalue weighted by atomic mass is 9.95. The molecule has 1 fully saturated rings. The monoisotopic (exact) mass is 392 g/mol. The van der Waals surface area contributed by atoms with Gasteiger partial charge in [-0.15, -0.1) is 0 Å². The van der Waals surface area contributed by atoms with E-state index in [-0.39, 0.29) is 5.54 Å². The van der Waals surface area contributed by atoms with Crippen molar-refractivity contribution < 1.29 is 0 Å². The van der Waals surface area contributed by atoms with E-state index in [0.717, 1.165) is 60.2 Å². The smallest absolute Gasteiger partial charge is 0.225 e. The van der Waals surface area contributed by atoms with E-state index < -0.39 is 0 Å². The summed E-state index contributed by atoms with van der Waals surface area (Å²) in [6.45, 7) is 11.6. The van der Waals surface area contributed by atoms with Gasteiger partial charge in [0.2, 0.25) is 5.95 Å². The third-order valence-electron chi connectivity index (χ3n) is 5.51. The summed E-state index contributed by atoms with van der Waals surface area (Å²) >= 11 is 0. The largest absolute Gasteiger partial charge is 0.350 e. The Morgan fingerprint density at radius 3 is 2.48 bits per heavy atom. The van der Waals surface area contributed by atoms with E-state index in [9.17, 15) is 0 Å². The predicted molar refractivity (Wildman–Crippen MR) is 119 cm³/mol. The van der Waals surface area contributed by atoms with Crippen molar-refractivity contribution in [3.05, 3.63) is 36.0 Å². The van der Waals surface area contributed by atoms with Crippen LogP contribution in [0.25, 0.3) is 22.6 Å². The third kappa shape index (κ3) is 4.58. The van der Waals surface area contributed by atoms with Crippen LogP contribution in [0.2, 0.25) is 0 Å². The molecular formula is C23H32N6. The van der Waals surface area contributed by atoms with Gasteiger partial charge in [0, 0.05) is 17.6 Å². The molecule has 0 atom stereocenters. The summed E-state index contributed by atoms with van der Waals surface area (Å²) in [5.74, 6) is 2.41. The standard InChI is InChI=1S/C23H32N6/c1-16-19-21(27-22(25-16)28-23(2,3)4)29(15-12-17-10-13-24-14-11-17)20(26-19)18-8-6-5-7-9-18/h5-9,17,24H,10-15H2,1-4H3,(H,25,27,28). The summed E-state index contributed by atoms with van der Waals surface area (Å²) in [6.07, 6.45) is 3.65. The van der Waals surface area contributed by atoms with Crippen LogP contribution >= 0.6 is 0 Å². The number of hydrogen-bond acceptors (Lipinski definition) is 5. The molecule has 6 heteroatoms. The summed E-state index contributed by atoms with van der Waals surface area (Å²) in [4.78, 5) is 14.6. The molecule has 0 amide bonds. The van der Waals surface area contributed by atoms with Gasteiger partial charge < -0.3 is 15.2 Å². The number of anilines is 1. The molecule has 2 N–H and O–H groups in total. The molecular weight excluding hydrogens is 360 g/mol. The van der Waals surface area contributed by atoms with E-state index in [4.69, 9.17) is 9.97 Å². The topological polar surface area (TPSA) is 67.7 Å². The number of benzene rings is 1. The lowest BCUT2D eigenvalue weighted by molar-refractivity contribution is 0.339. The molecule has 1 saturated heterocycles. The van der Waals surface area contributed by atoms with Crippen LogP contribution in [-0.4, -0.2) is 38.1 Å². The van der Waals surface area contributed by atoms with E-state index in [2.05, 4.69) is 65.2 Å². The van der Waals surface area contributed by atoms with Crippen LogP contribution in [-0.2, 0) is 6.54 Å². The average molecular weight is 393 g/mol. The number of fused-ring (bicyclic) bond motifs is 1. The molecule has 0 radical (unpaired) electrons. The zero-order valence-corrected chi connectivity index (χ0v) is 18.0. The van der Waals surface area contributed by atoms with Crippen LogP contribution in [0.1, 0.15) is 45.7 Å². The number of nitrogens with one attached hydrogen (secondary N) is 2. The second kappa shape index (κ2) is 8.11. The molecule has 1 aliphatic rings. The zero-order chi connectivity index (χ0) is 20.4. The molecule has 4 rings (SSSR count). The van der Waals surface area contributed by atoms with Gasteiger partial charge in [0.15, 0.2) is 5.65 Å². The Bertz CT molecular complexity index is 964. The van der Waals surface area contributed by atoms with Crippen LogP contribution in [0, 0.1) is 12.8 Å². The van der Waals surface area contributed by atoms with Crippen molar-refractivity contribution in [2.75, 3.05) is 18.4 Å². The molecule has 2 aromatic heterocycles. The van der Waals surface area contributed by atoms with Gasteiger partial charge in [0.05, 0.1) is 5.69 Å². The van der Waals surface area contributed by atoms with E-state index >= 15 is 0 Å². The minimum absolute atomic E-state index is 0.0949. The Morgan fingerprint density at radius 1 is 1.07 bits per heavy atom. The fourth-order valence-corrected chi connectivity index (χ4v) is 4.03. The number of piperidine rings is 1. The lowest BCUT2D eigenvalue weighted by Crippen LogP contribution is -2.28. The Balaban J connectivity index is 1.76. The first-order valence-electron chi connectivity index (χ1n) is 10.7. The molecule has 0 unspecified atom stereocenters. The van der Waals surface area contributed by atoms with E-state index in [1.165, 1.54) is 12.8 Å².